The highest BCUT2D eigenvalue weighted by Crippen LogP contribution is 2.35. The van der Waals surface area contributed by atoms with Crippen LogP contribution in [-0.4, -0.2) is 50.5 Å². The third-order valence-electron chi connectivity index (χ3n) is 5.60. The quantitative estimate of drug-likeness (QED) is 0.605. The third kappa shape index (κ3) is 4.85. The largest absolute Gasteiger partial charge is 0.497 e. The topological polar surface area (TPSA) is 94.2 Å². The molecule has 8 nitrogen and oxygen atoms in total. The van der Waals surface area contributed by atoms with E-state index >= 15 is 0 Å². The minimum Gasteiger partial charge on any atom is -0.497 e. The number of nitrogens with zero attached hydrogens (tertiary/aromatic N) is 1. The molecule has 1 aliphatic heterocycles. The van der Waals surface area contributed by atoms with Gasteiger partial charge in [-0.1, -0.05) is 6.07 Å². The van der Waals surface area contributed by atoms with Gasteiger partial charge in [-0.05, 0) is 56.0 Å². The third-order valence-corrected chi connectivity index (χ3v) is 5.60. The molecule has 0 bridgehead atoms. The Bertz CT molecular complexity index is 1030. The standard InChI is InChI=1S/C24H26N2O6/c1-15(24(29)25-12-16-6-7-16)26-20-10-17(8-9-22(20)32-14-23(26)28)21(27)13-31-19-5-3-4-18(11-19)30-2/h3-5,8-11,15-16H,6-7,12-14H2,1-2H3,(H,25,29)/t15-/m1/s1. The van der Waals surface area contributed by atoms with E-state index in [1.807, 2.05) is 0 Å². The Morgan fingerprint density at radius 1 is 1.19 bits per heavy atom. The fraction of sp³-hybridized carbons (Fsp3) is 0.375. The highest BCUT2D eigenvalue weighted by molar-refractivity contribution is 6.05. The number of methoxy groups -OCH3 is 1. The molecule has 2 aliphatic rings. The van der Waals surface area contributed by atoms with Crippen LogP contribution >= 0.6 is 0 Å². The summed E-state index contributed by atoms with van der Waals surface area (Å²) in [5.41, 5.74) is 0.767. The highest BCUT2D eigenvalue weighted by Gasteiger charge is 2.34. The van der Waals surface area contributed by atoms with E-state index in [-0.39, 0.29) is 30.8 Å². The second-order valence-corrected chi connectivity index (χ2v) is 7.99. The van der Waals surface area contributed by atoms with Crippen molar-refractivity contribution in [3.63, 3.8) is 0 Å². The van der Waals surface area contributed by atoms with Crippen LogP contribution in [0.3, 0.4) is 0 Å². The lowest BCUT2D eigenvalue weighted by atomic mass is 10.1. The molecule has 168 valence electrons. The van der Waals surface area contributed by atoms with Gasteiger partial charge < -0.3 is 19.5 Å². The van der Waals surface area contributed by atoms with E-state index in [1.54, 1.807) is 56.5 Å². The van der Waals surface area contributed by atoms with Crippen LogP contribution in [0, 0.1) is 5.92 Å². The number of carbonyl (C=O) groups excluding carboxylic acids is 3. The van der Waals surface area contributed by atoms with Gasteiger partial charge >= 0.3 is 0 Å². The highest BCUT2D eigenvalue weighted by atomic mass is 16.5. The van der Waals surface area contributed by atoms with Crippen LogP contribution in [-0.2, 0) is 9.59 Å². The Morgan fingerprint density at radius 3 is 2.72 bits per heavy atom. The van der Waals surface area contributed by atoms with Crippen molar-refractivity contribution in [1.82, 2.24) is 5.32 Å². The van der Waals surface area contributed by atoms with Crippen molar-refractivity contribution in [3.8, 4) is 17.2 Å². The molecule has 8 heteroatoms. The average molecular weight is 438 g/mol. The van der Waals surface area contributed by atoms with E-state index in [0.29, 0.717) is 41.0 Å². The number of nitrogens with one attached hydrogen (secondary N) is 1. The lowest BCUT2D eigenvalue weighted by molar-refractivity contribution is -0.127. The van der Waals surface area contributed by atoms with Crippen molar-refractivity contribution in [2.24, 2.45) is 5.92 Å². The molecule has 1 aliphatic carbocycles. The maximum absolute atomic E-state index is 12.8. The number of hydrogen-bond acceptors (Lipinski definition) is 6. The molecule has 2 amide bonds. The van der Waals surface area contributed by atoms with Gasteiger partial charge in [-0.15, -0.1) is 0 Å². The summed E-state index contributed by atoms with van der Waals surface area (Å²) >= 11 is 0. The minimum atomic E-state index is -0.720. The van der Waals surface area contributed by atoms with E-state index in [0.717, 1.165) is 12.8 Å². The van der Waals surface area contributed by atoms with Crippen LogP contribution in [0.25, 0.3) is 0 Å². The average Bonchev–Trinajstić information content (AvgIpc) is 3.65. The number of ketones is 1. The van der Waals surface area contributed by atoms with Crippen molar-refractivity contribution in [1.29, 1.82) is 0 Å². The van der Waals surface area contributed by atoms with Gasteiger partial charge in [-0.25, -0.2) is 0 Å². The molecule has 0 radical (unpaired) electrons. The second-order valence-electron chi connectivity index (χ2n) is 7.99. The molecular weight excluding hydrogens is 412 g/mol. The van der Waals surface area contributed by atoms with Crippen LogP contribution in [0.15, 0.2) is 42.5 Å². The molecule has 32 heavy (non-hydrogen) atoms. The van der Waals surface area contributed by atoms with E-state index < -0.39 is 6.04 Å². The number of ether oxygens (including phenoxy) is 3. The van der Waals surface area contributed by atoms with Crippen molar-refractivity contribution < 1.29 is 28.6 Å². The summed E-state index contributed by atoms with van der Waals surface area (Å²) in [6.45, 7) is 1.96. The van der Waals surface area contributed by atoms with Gasteiger partial charge in [-0.3, -0.25) is 19.3 Å². The van der Waals surface area contributed by atoms with Crippen molar-refractivity contribution >= 4 is 23.3 Å². The molecule has 1 saturated carbocycles. The van der Waals surface area contributed by atoms with E-state index in [9.17, 15) is 14.4 Å². The number of carbonyl (C=O) groups is 3. The molecule has 0 unspecified atom stereocenters. The molecule has 2 aromatic carbocycles. The molecule has 1 atom stereocenters. The van der Waals surface area contributed by atoms with Gasteiger partial charge in [0.25, 0.3) is 5.91 Å². The molecule has 2 aromatic rings. The predicted octanol–water partition coefficient (Wildman–Crippen LogP) is 2.60. The zero-order chi connectivity index (χ0) is 22.7. The molecule has 4 rings (SSSR count). The maximum atomic E-state index is 12.8. The van der Waals surface area contributed by atoms with Crippen molar-refractivity contribution in [2.45, 2.75) is 25.8 Å². The Balaban J connectivity index is 1.48. The second kappa shape index (κ2) is 9.30. The fourth-order valence-electron chi connectivity index (χ4n) is 3.52. The number of hydrogen-bond donors (Lipinski definition) is 1. The predicted molar refractivity (Wildman–Crippen MR) is 117 cm³/mol. The number of anilines is 1. The van der Waals surface area contributed by atoms with Crippen LogP contribution in [0.5, 0.6) is 17.2 Å². The van der Waals surface area contributed by atoms with E-state index in [1.165, 1.54) is 4.90 Å². The zero-order valence-corrected chi connectivity index (χ0v) is 18.1. The summed E-state index contributed by atoms with van der Waals surface area (Å²) in [6.07, 6.45) is 2.24. The first-order valence-corrected chi connectivity index (χ1v) is 10.6. The van der Waals surface area contributed by atoms with Crippen molar-refractivity contribution in [2.75, 3.05) is 31.8 Å². The van der Waals surface area contributed by atoms with Crippen molar-refractivity contribution in [3.05, 3.63) is 48.0 Å². The van der Waals surface area contributed by atoms with Crippen LogP contribution < -0.4 is 24.4 Å². The number of fused-ring (bicyclic) bond motifs is 1. The van der Waals surface area contributed by atoms with Crippen LogP contribution in [0.1, 0.15) is 30.1 Å². The van der Waals surface area contributed by atoms with Gasteiger partial charge in [0.05, 0.1) is 12.8 Å². The summed E-state index contributed by atoms with van der Waals surface area (Å²) in [6, 6.07) is 11.1. The zero-order valence-electron chi connectivity index (χ0n) is 18.1. The first-order valence-electron chi connectivity index (χ1n) is 10.6. The Hall–Kier alpha value is -3.55. The Labute approximate surface area is 186 Å². The van der Waals surface area contributed by atoms with E-state index in [2.05, 4.69) is 5.32 Å². The van der Waals surface area contributed by atoms with E-state index in [4.69, 9.17) is 14.2 Å². The number of Topliss-reactive ketones (excluding diaryl/α,β-unsaturated/α-hetero) is 1. The molecule has 1 fully saturated rings. The Morgan fingerprint density at radius 2 is 1.97 bits per heavy atom. The number of amides is 2. The summed E-state index contributed by atoms with van der Waals surface area (Å²) in [5.74, 6) is 1.31. The normalized spacial score (nSPS) is 15.9. The number of rotatable bonds is 9. The molecule has 0 aromatic heterocycles. The summed E-state index contributed by atoms with van der Waals surface area (Å²) in [5, 5.41) is 2.91. The molecule has 0 spiro atoms. The Kier molecular flexibility index (Phi) is 6.30. The molecule has 1 heterocycles. The van der Waals surface area contributed by atoms with Gasteiger partial charge in [0.15, 0.2) is 19.0 Å². The van der Waals surface area contributed by atoms with Gasteiger partial charge in [0.2, 0.25) is 5.91 Å². The smallest absolute Gasteiger partial charge is 0.265 e. The van der Waals surface area contributed by atoms with Gasteiger partial charge in [-0.2, -0.15) is 0 Å². The summed E-state index contributed by atoms with van der Waals surface area (Å²) in [7, 11) is 1.56. The molecule has 1 N–H and O–H groups in total. The van der Waals surface area contributed by atoms with Gasteiger partial charge in [0.1, 0.15) is 23.3 Å². The fourth-order valence-corrected chi connectivity index (χ4v) is 3.52. The monoisotopic (exact) mass is 438 g/mol. The number of benzene rings is 2. The minimum absolute atomic E-state index is 0.153. The van der Waals surface area contributed by atoms with Gasteiger partial charge in [0, 0.05) is 18.2 Å². The van der Waals surface area contributed by atoms with Crippen LogP contribution in [0.4, 0.5) is 5.69 Å². The summed E-state index contributed by atoms with van der Waals surface area (Å²) in [4.78, 5) is 39.4. The maximum Gasteiger partial charge on any atom is 0.265 e. The lowest BCUT2D eigenvalue weighted by Gasteiger charge is -2.33. The first-order chi connectivity index (χ1) is 15.5. The SMILES string of the molecule is COc1cccc(OCC(=O)c2ccc3c(c2)N([C@H](C)C(=O)NCC2CC2)C(=O)CO3)c1. The first kappa shape index (κ1) is 21.7. The molecular formula is C24H26N2O6. The lowest BCUT2D eigenvalue weighted by Crippen LogP contribution is -2.51. The summed E-state index contributed by atoms with van der Waals surface area (Å²) < 4.78 is 16.3. The van der Waals surface area contributed by atoms with Crippen LogP contribution in [0.2, 0.25) is 0 Å². The molecule has 0 saturated heterocycles.